The number of carbonyl (C=O) groups excluding carboxylic acids is 2. The smallest absolute Gasteiger partial charge is 0.343 e. The zero-order chi connectivity index (χ0) is 24.3. The van der Waals surface area contributed by atoms with Crippen LogP contribution in [0, 0.1) is 0 Å². The van der Waals surface area contributed by atoms with E-state index in [1.807, 2.05) is 38.1 Å². The van der Waals surface area contributed by atoms with Gasteiger partial charge < -0.3 is 15.0 Å². The Morgan fingerprint density at radius 3 is 2.24 bits per heavy atom. The highest BCUT2D eigenvalue weighted by atomic mass is 16.5. The molecule has 1 unspecified atom stereocenters. The molecule has 4 amide bonds. The lowest BCUT2D eigenvalue weighted by Gasteiger charge is -2.41. The number of hydroxylamine groups is 2. The summed E-state index contributed by atoms with van der Waals surface area (Å²) >= 11 is 0. The number of urea groups is 2. The first-order valence-corrected chi connectivity index (χ1v) is 12.8. The van der Waals surface area contributed by atoms with E-state index in [0.29, 0.717) is 6.54 Å². The maximum atomic E-state index is 13.8. The zero-order valence-electron chi connectivity index (χ0n) is 20.8. The molecule has 8 heteroatoms. The number of ether oxygens (including phenoxy) is 1. The third kappa shape index (κ3) is 4.97. The van der Waals surface area contributed by atoms with Gasteiger partial charge in [-0.15, -0.1) is 0 Å². The van der Waals surface area contributed by atoms with Gasteiger partial charge in [0.15, 0.2) is 6.17 Å². The molecule has 1 aromatic rings. The van der Waals surface area contributed by atoms with E-state index < -0.39 is 17.7 Å². The number of hydrogen-bond acceptors (Lipinski definition) is 4. The molecule has 1 atom stereocenters. The van der Waals surface area contributed by atoms with Crippen molar-refractivity contribution in [2.24, 2.45) is 0 Å². The molecular formula is C26H40N4O4. The summed E-state index contributed by atoms with van der Waals surface area (Å²) in [6, 6.07) is 7.13. The molecular weight excluding hydrogens is 432 g/mol. The molecule has 1 heterocycles. The second-order valence-electron chi connectivity index (χ2n) is 10.6. The predicted molar refractivity (Wildman–Crippen MR) is 130 cm³/mol. The van der Waals surface area contributed by atoms with Gasteiger partial charge >= 0.3 is 12.1 Å². The van der Waals surface area contributed by atoms with Crippen LogP contribution in [0.3, 0.4) is 0 Å². The number of carbonyl (C=O) groups is 2. The highest BCUT2D eigenvalue weighted by molar-refractivity contribution is 5.81. The van der Waals surface area contributed by atoms with E-state index in [0.717, 1.165) is 74.2 Å². The van der Waals surface area contributed by atoms with Crippen LogP contribution in [-0.2, 0) is 6.54 Å². The van der Waals surface area contributed by atoms with Crippen LogP contribution < -0.4 is 10.1 Å². The minimum Gasteiger partial charge on any atom is -0.497 e. The molecule has 2 aliphatic carbocycles. The van der Waals surface area contributed by atoms with Crippen LogP contribution >= 0.6 is 0 Å². The second-order valence-corrected chi connectivity index (χ2v) is 10.6. The Morgan fingerprint density at radius 2 is 1.65 bits per heavy atom. The summed E-state index contributed by atoms with van der Waals surface area (Å²) < 4.78 is 5.26. The van der Waals surface area contributed by atoms with Gasteiger partial charge in [0.2, 0.25) is 0 Å². The van der Waals surface area contributed by atoms with Gasteiger partial charge in [0.25, 0.3) is 0 Å². The van der Waals surface area contributed by atoms with Gasteiger partial charge in [-0.05, 0) is 57.2 Å². The Hall–Kier alpha value is -2.48. The van der Waals surface area contributed by atoms with Gasteiger partial charge in [0.1, 0.15) is 5.75 Å². The third-order valence-electron chi connectivity index (χ3n) is 7.88. The first-order valence-electron chi connectivity index (χ1n) is 12.8. The summed E-state index contributed by atoms with van der Waals surface area (Å²) in [5, 5.41) is 15.1. The second kappa shape index (κ2) is 10.4. The summed E-state index contributed by atoms with van der Waals surface area (Å²) in [6.07, 6.45) is 9.54. The van der Waals surface area contributed by atoms with Gasteiger partial charge in [-0.25, -0.2) is 9.59 Å². The van der Waals surface area contributed by atoms with Crippen LogP contribution in [0.15, 0.2) is 24.3 Å². The third-order valence-corrected chi connectivity index (χ3v) is 7.88. The van der Waals surface area contributed by atoms with Crippen LogP contribution in [0.2, 0.25) is 0 Å². The molecule has 1 saturated heterocycles. The maximum absolute atomic E-state index is 13.8. The van der Waals surface area contributed by atoms with Gasteiger partial charge in [0.05, 0.1) is 12.6 Å². The Labute approximate surface area is 203 Å². The lowest BCUT2D eigenvalue weighted by Crippen LogP contribution is -2.61. The Bertz CT molecular complexity index is 847. The van der Waals surface area contributed by atoms with Crippen molar-refractivity contribution >= 4 is 12.1 Å². The summed E-state index contributed by atoms with van der Waals surface area (Å²) in [6.45, 7) is 4.28. The quantitative estimate of drug-likeness (QED) is 0.445. The van der Waals surface area contributed by atoms with Crippen LogP contribution in [0.1, 0.15) is 83.6 Å². The maximum Gasteiger partial charge on any atom is 0.343 e. The molecule has 3 fully saturated rings. The van der Waals surface area contributed by atoms with Crippen molar-refractivity contribution in [3.8, 4) is 5.75 Å². The van der Waals surface area contributed by atoms with Crippen molar-refractivity contribution in [2.45, 2.75) is 108 Å². The van der Waals surface area contributed by atoms with E-state index >= 15 is 0 Å². The van der Waals surface area contributed by atoms with Gasteiger partial charge in [-0.3, -0.25) is 10.1 Å². The first kappa shape index (κ1) is 24.6. The van der Waals surface area contributed by atoms with Gasteiger partial charge in [0, 0.05) is 18.6 Å². The van der Waals surface area contributed by atoms with Crippen LogP contribution in [0.4, 0.5) is 9.59 Å². The lowest BCUT2D eigenvalue weighted by atomic mass is 9.92. The van der Waals surface area contributed by atoms with Crippen molar-refractivity contribution in [3.63, 3.8) is 0 Å². The van der Waals surface area contributed by atoms with E-state index in [9.17, 15) is 14.8 Å². The highest BCUT2D eigenvalue weighted by Gasteiger charge is 2.57. The number of hydrogen-bond donors (Lipinski definition) is 2. The van der Waals surface area contributed by atoms with Crippen molar-refractivity contribution in [2.75, 3.05) is 7.11 Å². The molecule has 2 N–H and O–H groups in total. The summed E-state index contributed by atoms with van der Waals surface area (Å²) in [5.74, 6) is 0.762. The summed E-state index contributed by atoms with van der Waals surface area (Å²) in [5.41, 5.74) is 0.190. The predicted octanol–water partition coefficient (Wildman–Crippen LogP) is 5.10. The average molecular weight is 473 g/mol. The van der Waals surface area contributed by atoms with Crippen molar-refractivity contribution in [3.05, 3.63) is 29.8 Å². The Morgan fingerprint density at radius 1 is 1.06 bits per heavy atom. The number of nitrogens with zero attached hydrogens (tertiary/aromatic N) is 3. The first-order chi connectivity index (χ1) is 16.3. The minimum atomic E-state index is -0.785. The van der Waals surface area contributed by atoms with E-state index in [-0.39, 0.29) is 18.1 Å². The molecule has 1 aliphatic heterocycles. The van der Waals surface area contributed by atoms with E-state index in [4.69, 9.17) is 4.74 Å². The van der Waals surface area contributed by atoms with E-state index in [1.54, 1.807) is 16.9 Å². The standard InChI is InChI=1S/C26H40N4O4/c1-26(2)23(30(33)24(31)27-20-10-6-4-7-11-20)29(21-12-8-5-9-13-21)25(32)28(26)18-19-14-16-22(34-3)17-15-19/h14-17,20-21,23,33H,4-13,18H2,1-3H3,(H,27,31). The van der Waals surface area contributed by atoms with Crippen molar-refractivity contribution in [1.82, 2.24) is 20.2 Å². The number of amides is 4. The van der Waals surface area contributed by atoms with Crippen molar-refractivity contribution < 1.29 is 19.5 Å². The highest BCUT2D eigenvalue weighted by Crippen LogP contribution is 2.40. The molecule has 3 aliphatic rings. The Kier molecular flexibility index (Phi) is 7.55. The molecule has 1 aromatic carbocycles. The molecule has 0 spiro atoms. The van der Waals surface area contributed by atoms with Crippen molar-refractivity contribution in [1.29, 1.82) is 0 Å². The fourth-order valence-corrected chi connectivity index (χ4v) is 5.89. The van der Waals surface area contributed by atoms with Crippen LogP contribution in [-0.4, -0.2) is 63.0 Å². The lowest BCUT2D eigenvalue weighted by molar-refractivity contribution is -0.141. The molecule has 188 valence electrons. The Balaban J connectivity index is 1.59. The number of rotatable bonds is 6. The SMILES string of the molecule is COc1ccc(CN2C(=O)N(C3CCCCC3)C(N(O)C(=O)NC3CCCCC3)C2(C)C)cc1. The average Bonchev–Trinajstić information content (AvgIpc) is 3.05. The summed E-state index contributed by atoms with van der Waals surface area (Å²) in [4.78, 5) is 30.6. The fraction of sp³-hybridized carbons (Fsp3) is 0.692. The molecule has 8 nitrogen and oxygen atoms in total. The van der Waals surface area contributed by atoms with Crippen LogP contribution in [0.25, 0.3) is 0 Å². The van der Waals surface area contributed by atoms with Gasteiger partial charge in [-0.1, -0.05) is 50.7 Å². The molecule has 2 saturated carbocycles. The largest absolute Gasteiger partial charge is 0.497 e. The fourth-order valence-electron chi connectivity index (χ4n) is 5.89. The molecule has 0 bridgehead atoms. The number of nitrogens with one attached hydrogen (secondary N) is 1. The van der Waals surface area contributed by atoms with E-state index in [2.05, 4.69) is 5.32 Å². The molecule has 4 rings (SSSR count). The molecule has 0 radical (unpaired) electrons. The normalized spacial score (nSPS) is 23.8. The minimum absolute atomic E-state index is 0.0172. The number of methoxy groups -OCH3 is 1. The van der Waals surface area contributed by atoms with Crippen LogP contribution in [0.5, 0.6) is 5.75 Å². The monoisotopic (exact) mass is 472 g/mol. The zero-order valence-corrected chi connectivity index (χ0v) is 20.8. The number of benzene rings is 1. The topological polar surface area (TPSA) is 85.3 Å². The molecule has 0 aromatic heterocycles. The van der Waals surface area contributed by atoms with Gasteiger partial charge in [-0.2, -0.15) is 5.06 Å². The summed E-state index contributed by atoms with van der Waals surface area (Å²) in [7, 11) is 1.63. The molecule has 34 heavy (non-hydrogen) atoms. The van der Waals surface area contributed by atoms with E-state index in [1.165, 1.54) is 6.42 Å².